The molecule has 0 fully saturated rings. The van der Waals surface area contributed by atoms with Crippen LogP contribution in [0.2, 0.25) is 0 Å². The lowest BCUT2D eigenvalue weighted by Crippen LogP contribution is -2.34. The molecule has 0 aromatic carbocycles. The van der Waals surface area contributed by atoms with Crippen LogP contribution in [0.5, 0.6) is 0 Å². The van der Waals surface area contributed by atoms with Crippen LogP contribution in [-0.4, -0.2) is 33.6 Å². The van der Waals surface area contributed by atoms with E-state index in [0.29, 0.717) is 18.8 Å². The zero-order valence-corrected chi connectivity index (χ0v) is 16.4. The Labute approximate surface area is 146 Å². The number of carbonyl (C=O) groups is 1. The summed E-state index contributed by atoms with van der Waals surface area (Å²) in [5.41, 5.74) is 0.605. The van der Waals surface area contributed by atoms with E-state index in [1.807, 2.05) is 24.6 Å². The maximum atomic E-state index is 12.2. The third kappa shape index (κ3) is 5.82. The summed E-state index contributed by atoms with van der Waals surface area (Å²) in [6.45, 7) is 16.8. The SMILES string of the molecule is CC(C)C(O)CCNC(=O)Nc1cc(C(C)(C)C)nn1C(C)(C)C. The van der Waals surface area contributed by atoms with Crippen LogP contribution in [0.1, 0.15) is 67.5 Å². The van der Waals surface area contributed by atoms with Crippen molar-refractivity contribution in [1.82, 2.24) is 15.1 Å². The molecule has 0 saturated heterocycles. The van der Waals surface area contributed by atoms with Gasteiger partial charge in [-0.15, -0.1) is 0 Å². The van der Waals surface area contributed by atoms with Crippen LogP contribution < -0.4 is 10.6 Å². The highest BCUT2D eigenvalue weighted by atomic mass is 16.3. The van der Waals surface area contributed by atoms with Crippen molar-refractivity contribution in [1.29, 1.82) is 0 Å². The average Bonchev–Trinajstić information content (AvgIpc) is 2.82. The summed E-state index contributed by atoms with van der Waals surface area (Å²) >= 11 is 0. The molecule has 0 aliphatic carbocycles. The van der Waals surface area contributed by atoms with E-state index in [0.717, 1.165) is 5.69 Å². The van der Waals surface area contributed by atoms with Crippen molar-refractivity contribution in [2.24, 2.45) is 5.92 Å². The van der Waals surface area contributed by atoms with E-state index in [1.54, 1.807) is 0 Å². The maximum absolute atomic E-state index is 12.2. The second-order valence-electron chi connectivity index (χ2n) is 8.73. The summed E-state index contributed by atoms with van der Waals surface area (Å²) in [4.78, 5) is 12.2. The van der Waals surface area contributed by atoms with Gasteiger partial charge in [0.15, 0.2) is 0 Å². The van der Waals surface area contributed by atoms with Crippen LogP contribution in [0.15, 0.2) is 6.07 Å². The molecule has 0 bridgehead atoms. The largest absolute Gasteiger partial charge is 0.393 e. The van der Waals surface area contributed by atoms with Gasteiger partial charge < -0.3 is 10.4 Å². The molecular formula is C18H34N4O2. The standard InChI is InChI=1S/C18H34N4O2/c1-12(2)13(23)9-10-19-16(24)20-15-11-14(17(3,4)5)21-22(15)18(6,7)8/h11-13,23H,9-10H2,1-8H3,(H2,19,20,24). The molecule has 1 rings (SSSR count). The fourth-order valence-corrected chi connectivity index (χ4v) is 2.18. The topological polar surface area (TPSA) is 79.2 Å². The van der Waals surface area contributed by atoms with Gasteiger partial charge in [0.25, 0.3) is 0 Å². The number of aromatic nitrogens is 2. The molecule has 6 heteroatoms. The van der Waals surface area contributed by atoms with Gasteiger partial charge >= 0.3 is 6.03 Å². The molecular weight excluding hydrogens is 304 g/mol. The number of carbonyl (C=O) groups excluding carboxylic acids is 1. The molecule has 3 N–H and O–H groups in total. The van der Waals surface area contributed by atoms with Crippen LogP contribution in [0.3, 0.4) is 0 Å². The number of rotatable bonds is 5. The van der Waals surface area contributed by atoms with Crippen molar-refractivity contribution < 1.29 is 9.90 Å². The minimum atomic E-state index is -0.405. The summed E-state index contributed by atoms with van der Waals surface area (Å²) < 4.78 is 1.84. The normalized spacial score (nSPS) is 13.9. The summed E-state index contributed by atoms with van der Waals surface area (Å²) in [6.07, 6.45) is 0.134. The fraction of sp³-hybridized carbons (Fsp3) is 0.778. The monoisotopic (exact) mass is 338 g/mol. The van der Waals surface area contributed by atoms with Gasteiger partial charge in [0.2, 0.25) is 0 Å². The lowest BCUT2D eigenvalue weighted by Gasteiger charge is -2.23. The van der Waals surface area contributed by atoms with E-state index in [2.05, 4.69) is 57.3 Å². The van der Waals surface area contributed by atoms with E-state index < -0.39 is 6.10 Å². The van der Waals surface area contributed by atoms with Crippen molar-refractivity contribution in [2.75, 3.05) is 11.9 Å². The van der Waals surface area contributed by atoms with E-state index in [4.69, 9.17) is 0 Å². The highest BCUT2D eigenvalue weighted by molar-refractivity contribution is 5.88. The van der Waals surface area contributed by atoms with Crippen molar-refractivity contribution in [3.8, 4) is 0 Å². The van der Waals surface area contributed by atoms with Crippen LogP contribution >= 0.6 is 0 Å². The molecule has 0 radical (unpaired) electrons. The van der Waals surface area contributed by atoms with Gasteiger partial charge in [-0.25, -0.2) is 9.48 Å². The number of nitrogens with zero attached hydrogens (tertiary/aromatic N) is 2. The minimum Gasteiger partial charge on any atom is -0.393 e. The smallest absolute Gasteiger partial charge is 0.320 e. The first-order valence-electron chi connectivity index (χ1n) is 8.66. The quantitative estimate of drug-likeness (QED) is 0.769. The number of hydrogen-bond acceptors (Lipinski definition) is 3. The second-order valence-corrected chi connectivity index (χ2v) is 8.73. The number of anilines is 1. The lowest BCUT2D eigenvalue weighted by molar-refractivity contribution is 0.117. The Balaban J connectivity index is 2.79. The van der Waals surface area contributed by atoms with Gasteiger partial charge in [-0.1, -0.05) is 34.6 Å². The van der Waals surface area contributed by atoms with Crippen molar-refractivity contribution in [3.05, 3.63) is 11.8 Å². The Bertz CT molecular complexity index is 550. The van der Waals surface area contributed by atoms with Gasteiger partial charge in [0.05, 0.1) is 17.3 Å². The molecule has 1 unspecified atom stereocenters. The minimum absolute atomic E-state index is 0.0925. The highest BCUT2D eigenvalue weighted by Crippen LogP contribution is 2.28. The third-order valence-corrected chi connectivity index (χ3v) is 3.85. The van der Waals surface area contributed by atoms with Gasteiger partial charge in [-0.05, 0) is 33.1 Å². The zero-order valence-electron chi connectivity index (χ0n) is 16.4. The van der Waals surface area contributed by atoms with Gasteiger partial charge in [0, 0.05) is 18.0 Å². The Hall–Kier alpha value is -1.56. The fourth-order valence-electron chi connectivity index (χ4n) is 2.18. The molecule has 6 nitrogen and oxygen atoms in total. The summed E-state index contributed by atoms with van der Waals surface area (Å²) in [7, 11) is 0. The first-order valence-corrected chi connectivity index (χ1v) is 8.66. The Morgan fingerprint density at radius 1 is 1.25 bits per heavy atom. The van der Waals surface area contributed by atoms with E-state index in [9.17, 15) is 9.90 Å². The summed E-state index contributed by atoms with van der Waals surface area (Å²) in [5, 5.41) is 20.1. The Kier molecular flexibility index (Phi) is 6.45. The third-order valence-electron chi connectivity index (χ3n) is 3.85. The molecule has 1 aromatic rings. The van der Waals surface area contributed by atoms with E-state index >= 15 is 0 Å². The molecule has 0 aliphatic rings. The predicted molar refractivity (Wildman–Crippen MR) is 98.4 cm³/mol. The first-order chi connectivity index (χ1) is 10.8. The van der Waals surface area contributed by atoms with Crippen molar-refractivity contribution >= 4 is 11.8 Å². The Morgan fingerprint density at radius 3 is 2.29 bits per heavy atom. The summed E-state index contributed by atoms with van der Waals surface area (Å²) in [6, 6.07) is 1.64. The lowest BCUT2D eigenvalue weighted by atomic mass is 9.92. The Morgan fingerprint density at radius 2 is 1.83 bits per heavy atom. The molecule has 1 atom stereocenters. The van der Waals surface area contributed by atoms with Gasteiger partial charge in [0.1, 0.15) is 5.82 Å². The number of urea groups is 1. The number of aliphatic hydroxyl groups excluding tert-OH is 1. The molecule has 138 valence electrons. The van der Waals surface area contributed by atoms with Crippen LogP contribution in [0, 0.1) is 5.92 Å². The molecule has 0 spiro atoms. The maximum Gasteiger partial charge on any atom is 0.320 e. The number of nitrogens with one attached hydrogen (secondary N) is 2. The highest BCUT2D eigenvalue weighted by Gasteiger charge is 2.25. The first kappa shape index (κ1) is 20.5. The van der Waals surface area contributed by atoms with Gasteiger partial charge in [-0.2, -0.15) is 5.10 Å². The van der Waals surface area contributed by atoms with Crippen molar-refractivity contribution in [3.63, 3.8) is 0 Å². The number of amides is 2. The average molecular weight is 338 g/mol. The molecule has 24 heavy (non-hydrogen) atoms. The van der Waals surface area contributed by atoms with Crippen molar-refractivity contribution in [2.45, 2.75) is 78.9 Å². The molecule has 1 heterocycles. The number of hydrogen-bond donors (Lipinski definition) is 3. The van der Waals surface area contributed by atoms with E-state index in [-0.39, 0.29) is 22.9 Å². The molecule has 0 aliphatic heterocycles. The molecule has 2 amide bonds. The second kappa shape index (κ2) is 7.55. The zero-order chi connectivity index (χ0) is 18.7. The van der Waals surface area contributed by atoms with Gasteiger partial charge in [-0.3, -0.25) is 5.32 Å². The van der Waals surface area contributed by atoms with Crippen LogP contribution in [-0.2, 0) is 11.0 Å². The van der Waals surface area contributed by atoms with Crippen LogP contribution in [0.4, 0.5) is 10.6 Å². The predicted octanol–water partition coefficient (Wildman–Crippen LogP) is 3.46. The summed E-state index contributed by atoms with van der Waals surface area (Å²) in [5.74, 6) is 0.862. The van der Waals surface area contributed by atoms with Crippen LogP contribution in [0.25, 0.3) is 0 Å². The molecule has 0 saturated carbocycles. The van der Waals surface area contributed by atoms with E-state index in [1.165, 1.54) is 0 Å². The number of aliphatic hydroxyl groups is 1. The molecule has 1 aromatic heterocycles.